The first-order valence-electron chi connectivity index (χ1n) is 12.0. The quantitative estimate of drug-likeness (QED) is 0.426. The summed E-state index contributed by atoms with van der Waals surface area (Å²) in [4.78, 5) is 34.7. The predicted octanol–water partition coefficient (Wildman–Crippen LogP) is 3.96. The van der Waals surface area contributed by atoms with Gasteiger partial charge >= 0.3 is 5.97 Å². The molecule has 1 aliphatic rings. The maximum atomic E-state index is 12.6. The van der Waals surface area contributed by atoms with Crippen molar-refractivity contribution >= 4 is 11.9 Å². The summed E-state index contributed by atoms with van der Waals surface area (Å²) in [5.74, 6) is 0.293. The van der Waals surface area contributed by atoms with E-state index in [0.29, 0.717) is 35.7 Å². The Balaban J connectivity index is 0.000000353. The Morgan fingerprint density at radius 3 is 2.10 bits per heavy atom. The number of benzene rings is 2. The lowest BCUT2D eigenvalue weighted by atomic mass is 9.95. The molecule has 3 aromatic carbocycles. The molecule has 206 valence electrons. The summed E-state index contributed by atoms with van der Waals surface area (Å²) in [5.41, 5.74) is 2.94. The monoisotopic (exact) mass is 537 g/mol. The fourth-order valence-corrected chi connectivity index (χ4v) is 4.52. The number of ether oxygens (including phenoxy) is 4. The van der Waals surface area contributed by atoms with E-state index in [1.807, 2.05) is 12.1 Å². The number of hydrogen-bond acceptors (Lipinski definition) is 8. The number of methoxy groups -OCH3 is 4. The zero-order valence-electron chi connectivity index (χ0n) is 22.4. The van der Waals surface area contributed by atoms with Crippen molar-refractivity contribution < 1.29 is 38.7 Å². The van der Waals surface area contributed by atoms with Crippen LogP contribution in [0.15, 0.2) is 53.3 Å². The third-order valence-corrected chi connectivity index (χ3v) is 6.23. The molecule has 39 heavy (non-hydrogen) atoms. The Hall–Kier alpha value is -4.73. The summed E-state index contributed by atoms with van der Waals surface area (Å²) >= 11 is 0. The van der Waals surface area contributed by atoms with E-state index in [9.17, 15) is 14.4 Å². The number of carboxylic acid groups (broad SMARTS) is 1. The fraction of sp³-hybridized carbons (Fsp3) is 0.276. The van der Waals surface area contributed by atoms with Gasteiger partial charge in [0.15, 0.2) is 17.2 Å². The Morgan fingerprint density at radius 1 is 0.897 bits per heavy atom. The van der Waals surface area contributed by atoms with Gasteiger partial charge in [-0.3, -0.25) is 9.59 Å². The smallest absolute Gasteiger partial charge is 0.339 e. The van der Waals surface area contributed by atoms with Gasteiger partial charge < -0.3 is 34.5 Å². The molecular weight excluding hydrogens is 506 g/mol. The molecule has 0 saturated heterocycles. The van der Waals surface area contributed by atoms with E-state index in [4.69, 9.17) is 29.2 Å². The van der Waals surface area contributed by atoms with Gasteiger partial charge in [0.1, 0.15) is 11.3 Å². The normalized spacial score (nSPS) is 13.3. The van der Waals surface area contributed by atoms with Crippen molar-refractivity contribution in [2.75, 3.05) is 28.4 Å². The van der Waals surface area contributed by atoms with Crippen LogP contribution in [0.4, 0.5) is 0 Å². The molecule has 0 radical (unpaired) electrons. The molecule has 0 heterocycles. The SMILES string of the molecule is COc1cc2c(c(OC)c1OC)-c1ccc(OC)c(=O)cc1[C@@H](NC(C)=O)CC2.O=C(O)c1ccccc1O. The second kappa shape index (κ2) is 12.7. The highest BCUT2D eigenvalue weighted by Crippen LogP contribution is 2.50. The molecule has 1 aliphatic carbocycles. The average Bonchev–Trinajstić information content (AvgIpc) is 3.16. The van der Waals surface area contributed by atoms with Gasteiger partial charge in [0.05, 0.1) is 34.5 Å². The summed E-state index contributed by atoms with van der Waals surface area (Å²) in [6, 6.07) is 12.4. The molecule has 0 unspecified atom stereocenters. The van der Waals surface area contributed by atoms with Crippen molar-refractivity contribution in [1.29, 1.82) is 0 Å². The third-order valence-electron chi connectivity index (χ3n) is 6.23. The van der Waals surface area contributed by atoms with E-state index in [1.54, 1.807) is 39.5 Å². The zero-order chi connectivity index (χ0) is 28.7. The maximum absolute atomic E-state index is 12.6. The third kappa shape index (κ3) is 6.23. The Kier molecular flexibility index (Phi) is 9.38. The molecule has 1 atom stereocenters. The molecule has 0 saturated carbocycles. The number of carboxylic acids is 1. The van der Waals surface area contributed by atoms with Gasteiger partial charge in [0, 0.05) is 12.5 Å². The van der Waals surface area contributed by atoms with Crippen LogP contribution in [0.25, 0.3) is 11.1 Å². The lowest BCUT2D eigenvalue weighted by Crippen LogP contribution is -2.26. The molecule has 3 aromatic rings. The van der Waals surface area contributed by atoms with Crippen molar-refractivity contribution in [3.05, 3.63) is 75.4 Å². The minimum absolute atomic E-state index is 0.0671. The van der Waals surface area contributed by atoms with Crippen molar-refractivity contribution in [2.45, 2.75) is 25.8 Å². The van der Waals surface area contributed by atoms with E-state index >= 15 is 0 Å². The summed E-state index contributed by atoms with van der Waals surface area (Å²) in [6.45, 7) is 1.46. The van der Waals surface area contributed by atoms with E-state index in [-0.39, 0.29) is 34.4 Å². The first-order valence-corrected chi connectivity index (χ1v) is 12.0. The van der Waals surface area contributed by atoms with Gasteiger partial charge in [0.25, 0.3) is 0 Å². The maximum Gasteiger partial charge on any atom is 0.339 e. The molecule has 0 fully saturated rings. The molecule has 4 rings (SSSR count). The van der Waals surface area contributed by atoms with Crippen LogP contribution in [0, 0.1) is 0 Å². The predicted molar refractivity (Wildman–Crippen MR) is 144 cm³/mol. The summed E-state index contributed by atoms with van der Waals surface area (Å²) in [5, 5.41) is 20.3. The van der Waals surface area contributed by atoms with Gasteiger partial charge in [0.2, 0.25) is 17.1 Å². The second-order valence-electron chi connectivity index (χ2n) is 8.57. The minimum atomic E-state index is -1.11. The number of aromatic carboxylic acids is 1. The van der Waals surface area contributed by atoms with Crippen LogP contribution >= 0.6 is 0 Å². The van der Waals surface area contributed by atoms with Crippen LogP contribution in [0.1, 0.15) is 40.9 Å². The number of aromatic hydroxyl groups is 1. The fourth-order valence-electron chi connectivity index (χ4n) is 4.52. The van der Waals surface area contributed by atoms with Crippen LogP contribution in [0.3, 0.4) is 0 Å². The first-order chi connectivity index (χ1) is 18.7. The highest BCUT2D eigenvalue weighted by molar-refractivity contribution is 5.90. The van der Waals surface area contributed by atoms with Crippen molar-refractivity contribution in [3.8, 4) is 39.9 Å². The highest BCUT2D eigenvalue weighted by atomic mass is 16.5. The van der Waals surface area contributed by atoms with Crippen molar-refractivity contribution in [3.63, 3.8) is 0 Å². The number of carbonyl (C=O) groups is 2. The molecule has 0 aromatic heterocycles. The molecule has 0 bridgehead atoms. The number of rotatable bonds is 6. The summed E-state index contributed by atoms with van der Waals surface area (Å²) in [6.07, 6.45) is 1.27. The lowest BCUT2D eigenvalue weighted by molar-refractivity contribution is -0.119. The van der Waals surface area contributed by atoms with Gasteiger partial charge in [-0.15, -0.1) is 0 Å². The highest BCUT2D eigenvalue weighted by Gasteiger charge is 2.29. The Labute approximate surface area is 225 Å². The number of nitrogens with one attached hydrogen (secondary N) is 1. The van der Waals surface area contributed by atoms with E-state index in [1.165, 1.54) is 32.2 Å². The number of amides is 1. The average molecular weight is 538 g/mol. The van der Waals surface area contributed by atoms with Gasteiger partial charge in [-0.05, 0) is 59.9 Å². The molecule has 1 amide bonds. The molecular formula is C29H31NO9. The molecule has 0 spiro atoms. The van der Waals surface area contributed by atoms with Crippen molar-refractivity contribution in [2.24, 2.45) is 0 Å². The standard InChI is InChI=1S/C22H25NO6.C7H6O3/c1-12(24)23-16-8-6-13-10-19(27-3)21(28-4)22(29-5)20(13)14-7-9-18(26-2)17(25)11-15(14)16;8-6-4-2-1-3-5(6)7(9)10/h7,9-11,16H,6,8H2,1-5H3,(H,23,24);1-4,8H,(H,9,10)/t16-;/m0./s1. The second-order valence-corrected chi connectivity index (χ2v) is 8.57. The lowest BCUT2D eigenvalue weighted by Gasteiger charge is -2.19. The number of para-hydroxylation sites is 1. The number of phenols is 1. The largest absolute Gasteiger partial charge is 0.507 e. The Bertz CT molecular complexity index is 1440. The molecule has 10 nitrogen and oxygen atoms in total. The van der Waals surface area contributed by atoms with Gasteiger partial charge in [-0.1, -0.05) is 18.2 Å². The first kappa shape index (κ1) is 28.8. The van der Waals surface area contributed by atoms with E-state index < -0.39 is 5.97 Å². The number of fused-ring (bicyclic) bond motifs is 3. The Morgan fingerprint density at radius 2 is 1.56 bits per heavy atom. The zero-order valence-corrected chi connectivity index (χ0v) is 22.4. The minimum Gasteiger partial charge on any atom is -0.507 e. The van der Waals surface area contributed by atoms with E-state index in [0.717, 1.165) is 16.7 Å². The topological polar surface area (TPSA) is 141 Å². The molecule has 3 N–H and O–H groups in total. The number of hydrogen-bond donors (Lipinski definition) is 3. The molecule has 0 aliphatic heterocycles. The van der Waals surface area contributed by atoms with Crippen LogP contribution in [0.2, 0.25) is 0 Å². The molecule has 10 heteroatoms. The van der Waals surface area contributed by atoms with Crippen molar-refractivity contribution in [1.82, 2.24) is 5.32 Å². The van der Waals surface area contributed by atoms with Gasteiger partial charge in [-0.25, -0.2) is 4.79 Å². The van der Waals surface area contributed by atoms with Gasteiger partial charge in [-0.2, -0.15) is 0 Å². The summed E-state index contributed by atoms with van der Waals surface area (Å²) in [7, 11) is 6.14. The summed E-state index contributed by atoms with van der Waals surface area (Å²) < 4.78 is 22.0. The van der Waals surface area contributed by atoms with Crippen LogP contribution in [0.5, 0.6) is 28.7 Å². The van der Waals surface area contributed by atoms with Crippen LogP contribution in [-0.2, 0) is 11.2 Å². The number of aryl methyl sites for hydroxylation is 1. The number of carbonyl (C=O) groups excluding carboxylic acids is 1. The van der Waals surface area contributed by atoms with Crippen LogP contribution < -0.4 is 29.7 Å². The van der Waals surface area contributed by atoms with Crippen LogP contribution in [-0.4, -0.2) is 50.5 Å². The van der Waals surface area contributed by atoms with E-state index in [2.05, 4.69) is 5.32 Å².